The molecule has 2 fully saturated rings. The maximum absolute atomic E-state index is 11.5. The lowest BCUT2D eigenvalue weighted by atomic mass is 9.86. The number of benzene rings is 4. The van der Waals surface area contributed by atoms with E-state index in [0.717, 1.165) is 69.6 Å². The van der Waals surface area contributed by atoms with Crippen molar-refractivity contribution in [2.45, 2.75) is 70.2 Å². The first-order valence-corrected chi connectivity index (χ1v) is 19.1. The molecule has 1 aliphatic heterocycles. The van der Waals surface area contributed by atoms with E-state index in [-0.39, 0.29) is 23.9 Å². The molecule has 0 radical (unpaired) electrons. The summed E-state index contributed by atoms with van der Waals surface area (Å²) in [4.78, 5) is 22.9. The fourth-order valence-electron chi connectivity index (χ4n) is 7.43. The third-order valence-electron chi connectivity index (χ3n) is 10.5. The highest BCUT2D eigenvalue weighted by molar-refractivity contribution is 6.36. The van der Waals surface area contributed by atoms with Crippen LogP contribution in [0.5, 0.6) is 11.5 Å². The molecular formula is C42H47Cl2N5O5. The van der Waals surface area contributed by atoms with Gasteiger partial charge in [0.1, 0.15) is 11.5 Å². The van der Waals surface area contributed by atoms with Crippen LogP contribution in [-0.4, -0.2) is 56.0 Å². The Morgan fingerprint density at radius 1 is 0.870 bits per heavy atom. The fourth-order valence-corrected chi connectivity index (χ4v) is 8.02. The second-order valence-corrected chi connectivity index (χ2v) is 14.7. The molecule has 6 rings (SSSR count). The highest BCUT2D eigenvalue weighted by atomic mass is 35.5. The summed E-state index contributed by atoms with van der Waals surface area (Å²) in [6.07, 6.45) is 5.76. The van der Waals surface area contributed by atoms with Crippen molar-refractivity contribution < 1.29 is 24.2 Å². The van der Waals surface area contributed by atoms with Crippen LogP contribution in [0.2, 0.25) is 10.0 Å². The summed E-state index contributed by atoms with van der Waals surface area (Å²) in [6.45, 7) is 2.26. The summed E-state index contributed by atoms with van der Waals surface area (Å²) in [6, 6.07) is 22.0. The zero-order valence-corrected chi connectivity index (χ0v) is 32.1. The van der Waals surface area contributed by atoms with E-state index in [1.54, 1.807) is 14.2 Å². The topological polar surface area (TPSA) is 145 Å². The largest absolute Gasteiger partial charge is 0.496 e. The molecule has 0 aromatic heterocycles. The van der Waals surface area contributed by atoms with Crippen LogP contribution in [0.3, 0.4) is 0 Å². The SMILES string of the molecule is COc1cc(-c2cccc(-c3cccc(NCc4cc(OC)c(CNC5CCC(C(=O)O)CC5)cc4Cl)c3C=N)c2Cl)ccc1CNC[C@@H]1CCC(=O)N1. The number of hydrogen-bond acceptors (Lipinski definition) is 8. The van der Waals surface area contributed by atoms with Crippen molar-refractivity contribution in [3.63, 3.8) is 0 Å². The number of rotatable bonds is 16. The van der Waals surface area contributed by atoms with E-state index >= 15 is 0 Å². The lowest BCUT2D eigenvalue weighted by Crippen LogP contribution is -2.35. The molecule has 6 N–H and O–H groups in total. The number of carbonyl (C=O) groups excluding carboxylic acids is 1. The number of hydrogen-bond donors (Lipinski definition) is 6. The van der Waals surface area contributed by atoms with Gasteiger partial charge in [-0.25, -0.2) is 0 Å². The first-order chi connectivity index (χ1) is 26.2. The lowest BCUT2D eigenvalue weighted by molar-refractivity contribution is -0.142. The number of carboxylic acids is 1. The van der Waals surface area contributed by atoms with Gasteiger partial charge in [0.25, 0.3) is 0 Å². The predicted octanol–water partition coefficient (Wildman–Crippen LogP) is 8.06. The standard InChI is InChI=1S/C42H47Cl2N5O5/c1-53-38-18-26(9-10-27(38)21-46-24-31-15-16-40(50)49-31)32-5-3-7-34(41(32)44)33-6-4-8-37(35(33)20-45)48-22-28-19-39(54-2)29(17-36(28)43)23-47-30-13-11-25(12-14-30)42(51)52/h3-10,17-20,25,30-31,45-48H,11-16,21-24H2,1-2H3,(H,49,50)(H,51,52)/t25?,30?,31-/m0/s1. The average molecular weight is 773 g/mol. The molecule has 4 aromatic carbocycles. The summed E-state index contributed by atoms with van der Waals surface area (Å²) in [5.41, 5.74) is 7.60. The van der Waals surface area contributed by atoms with Crippen molar-refractivity contribution in [2.75, 3.05) is 26.1 Å². The molecule has 0 spiro atoms. The van der Waals surface area contributed by atoms with Crippen LogP contribution in [0.1, 0.15) is 60.8 Å². The van der Waals surface area contributed by atoms with E-state index in [0.29, 0.717) is 66.8 Å². The number of anilines is 1. The number of nitrogens with one attached hydrogen (secondary N) is 5. The van der Waals surface area contributed by atoms with E-state index in [1.807, 2.05) is 66.7 Å². The number of halogens is 2. The van der Waals surface area contributed by atoms with Crippen LogP contribution >= 0.6 is 23.2 Å². The van der Waals surface area contributed by atoms with Gasteiger partial charge >= 0.3 is 5.97 Å². The van der Waals surface area contributed by atoms with Gasteiger partial charge in [0, 0.05) is 89.4 Å². The van der Waals surface area contributed by atoms with Crippen LogP contribution in [0.15, 0.2) is 66.7 Å². The molecule has 12 heteroatoms. The summed E-state index contributed by atoms with van der Waals surface area (Å²) in [7, 11) is 3.29. The molecule has 54 heavy (non-hydrogen) atoms. The molecule has 0 bridgehead atoms. The Hall–Kier alpha value is -4.61. The maximum Gasteiger partial charge on any atom is 0.306 e. The van der Waals surface area contributed by atoms with Crippen molar-refractivity contribution in [1.82, 2.24) is 16.0 Å². The van der Waals surface area contributed by atoms with Gasteiger partial charge in [-0.1, -0.05) is 65.7 Å². The Labute approximate surface area is 326 Å². The Morgan fingerprint density at radius 3 is 2.30 bits per heavy atom. The number of ether oxygens (including phenoxy) is 2. The van der Waals surface area contributed by atoms with E-state index in [2.05, 4.69) is 21.3 Å². The Kier molecular flexibility index (Phi) is 13.1. The highest BCUT2D eigenvalue weighted by Gasteiger charge is 2.26. The molecule has 1 heterocycles. The minimum absolute atomic E-state index is 0.103. The van der Waals surface area contributed by atoms with Gasteiger partial charge in [-0.3, -0.25) is 9.59 Å². The highest BCUT2D eigenvalue weighted by Crippen LogP contribution is 2.40. The van der Waals surface area contributed by atoms with Gasteiger partial charge in [-0.15, -0.1) is 0 Å². The first kappa shape index (κ1) is 39.1. The summed E-state index contributed by atoms with van der Waals surface area (Å²) in [5.74, 6) is 0.597. The zero-order chi connectivity index (χ0) is 38.2. The fraction of sp³-hybridized carbons (Fsp3) is 0.357. The molecule has 1 saturated heterocycles. The quantitative estimate of drug-likeness (QED) is 0.0628. The summed E-state index contributed by atoms with van der Waals surface area (Å²) >= 11 is 14.0. The third-order valence-corrected chi connectivity index (χ3v) is 11.3. The van der Waals surface area contributed by atoms with Crippen molar-refractivity contribution in [3.8, 4) is 33.8 Å². The maximum atomic E-state index is 11.5. The molecule has 10 nitrogen and oxygen atoms in total. The molecule has 4 aromatic rings. The molecule has 1 saturated carbocycles. The van der Waals surface area contributed by atoms with Crippen molar-refractivity contribution in [1.29, 1.82) is 5.41 Å². The Morgan fingerprint density at radius 2 is 1.59 bits per heavy atom. The minimum Gasteiger partial charge on any atom is -0.496 e. The normalized spacial score (nSPS) is 18.2. The summed E-state index contributed by atoms with van der Waals surface area (Å²) < 4.78 is 11.5. The summed E-state index contributed by atoms with van der Waals surface area (Å²) in [5, 5.41) is 32.3. The number of methoxy groups -OCH3 is 2. The Balaban J connectivity index is 1.15. The molecule has 0 unspecified atom stereocenters. The van der Waals surface area contributed by atoms with Gasteiger partial charge in [0.05, 0.1) is 25.2 Å². The molecule has 1 atom stereocenters. The van der Waals surface area contributed by atoms with Crippen LogP contribution in [-0.2, 0) is 29.2 Å². The molecule has 2 aliphatic rings. The molecule has 1 amide bonds. The van der Waals surface area contributed by atoms with Crippen LogP contribution in [0.25, 0.3) is 22.3 Å². The molecular weight excluding hydrogens is 725 g/mol. The lowest BCUT2D eigenvalue weighted by Gasteiger charge is -2.27. The molecule has 284 valence electrons. The minimum atomic E-state index is -0.707. The number of aliphatic carboxylic acids is 1. The number of carbonyl (C=O) groups is 2. The van der Waals surface area contributed by atoms with Gasteiger partial charge in [-0.05, 0) is 73.1 Å². The number of amides is 1. The number of carboxylic acid groups (broad SMARTS) is 1. The second-order valence-electron chi connectivity index (χ2n) is 13.9. The van der Waals surface area contributed by atoms with Gasteiger partial charge in [0.2, 0.25) is 5.91 Å². The van der Waals surface area contributed by atoms with E-state index in [9.17, 15) is 14.7 Å². The molecule has 1 aliphatic carbocycles. The van der Waals surface area contributed by atoms with E-state index < -0.39 is 5.97 Å². The zero-order valence-electron chi connectivity index (χ0n) is 30.6. The smallest absolute Gasteiger partial charge is 0.306 e. The van der Waals surface area contributed by atoms with E-state index in [4.69, 9.17) is 38.1 Å². The van der Waals surface area contributed by atoms with Crippen molar-refractivity contribution in [3.05, 3.63) is 99.0 Å². The van der Waals surface area contributed by atoms with Crippen LogP contribution < -0.4 is 30.7 Å². The monoisotopic (exact) mass is 771 g/mol. The van der Waals surface area contributed by atoms with Crippen molar-refractivity contribution >= 4 is 47.0 Å². The van der Waals surface area contributed by atoms with Crippen LogP contribution in [0.4, 0.5) is 5.69 Å². The van der Waals surface area contributed by atoms with E-state index in [1.165, 1.54) is 6.21 Å². The second kappa shape index (κ2) is 18.1. The van der Waals surface area contributed by atoms with Gasteiger partial charge < -0.3 is 41.3 Å². The average Bonchev–Trinajstić information content (AvgIpc) is 3.61. The third kappa shape index (κ3) is 9.18. The first-order valence-electron chi connectivity index (χ1n) is 18.3. The van der Waals surface area contributed by atoms with Gasteiger partial charge in [0.15, 0.2) is 0 Å². The predicted molar refractivity (Wildman–Crippen MR) is 215 cm³/mol. The van der Waals surface area contributed by atoms with Crippen LogP contribution in [0, 0.1) is 11.3 Å². The van der Waals surface area contributed by atoms with Gasteiger partial charge in [-0.2, -0.15) is 0 Å². The van der Waals surface area contributed by atoms with Crippen molar-refractivity contribution in [2.24, 2.45) is 5.92 Å². The Bertz CT molecular complexity index is 2000.